The van der Waals surface area contributed by atoms with Crippen molar-refractivity contribution in [2.75, 3.05) is 51.6 Å². The Hall–Kier alpha value is -3.23. The number of amides is 1. The van der Waals surface area contributed by atoms with Gasteiger partial charge in [-0.2, -0.15) is 0 Å². The minimum absolute atomic E-state index is 0.0317. The Labute approximate surface area is 187 Å². The zero-order valence-electron chi connectivity index (χ0n) is 18.3. The molecule has 1 saturated heterocycles. The molecule has 2 aliphatic rings. The predicted molar refractivity (Wildman–Crippen MR) is 123 cm³/mol. The van der Waals surface area contributed by atoms with Crippen molar-refractivity contribution in [1.82, 2.24) is 14.7 Å². The van der Waals surface area contributed by atoms with Gasteiger partial charge in [-0.15, -0.1) is 0 Å². The Balaban J connectivity index is 1.37. The summed E-state index contributed by atoms with van der Waals surface area (Å²) in [7, 11) is 2.09. The molecule has 1 fully saturated rings. The SMILES string of the molecule is CN1CCN(C(=N)c2ccc(NC(=O)c3ccc4c(c3)CCN(CC(=O)O)C4)cc2)CC1. The van der Waals surface area contributed by atoms with E-state index in [1.165, 1.54) is 0 Å². The van der Waals surface area contributed by atoms with Crippen LogP contribution in [0.5, 0.6) is 0 Å². The van der Waals surface area contributed by atoms with Crippen LogP contribution in [-0.2, 0) is 17.8 Å². The molecule has 0 saturated carbocycles. The summed E-state index contributed by atoms with van der Waals surface area (Å²) in [4.78, 5) is 29.9. The van der Waals surface area contributed by atoms with E-state index < -0.39 is 5.97 Å². The van der Waals surface area contributed by atoms with E-state index >= 15 is 0 Å². The number of likely N-dealkylation sites (N-methyl/N-ethyl adjacent to an activating group) is 1. The number of benzene rings is 2. The van der Waals surface area contributed by atoms with Crippen molar-refractivity contribution in [2.45, 2.75) is 13.0 Å². The maximum absolute atomic E-state index is 12.8. The molecule has 4 rings (SSSR count). The predicted octanol–water partition coefficient (Wildman–Crippen LogP) is 1.95. The number of piperazine rings is 1. The van der Waals surface area contributed by atoms with Crippen LogP contribution in [0.2, 0.25) is 0 Å². The topological polar surface area (TPSA) is 100.0 Å². The zero-order valence-corrected chi connectivity index (χ0v) is 18.3. The molecular weight excluding hydrogens is 406 g/mol. The number of carbonyl (C=O) groups excluding carboxylic acids is 1. The van der Waals surface area contributed by atoms with Crippen molar-refractivity contribution in [2.24, 2.45) is 0 Å². The molecule has 0 atom stereocenters. The fourth-order valence-electron chi connectivity index (χ4n) is 4.21. The van der Waals surface area contributed by atoms with Crippen LogP contribution in [0.3, 0.4) is 0 Å². The average molecular weight is 436 g/mol. The van der Waals surface area contributed by atoms with E-state index in [1.54, 1.807) is 6.07 Å². The summed E-state index contributed by atoms with van der Waals surface area (Å²) in [6.45, 7) is 4.89. The van der Waals surface area contributed by atoms with Crippen molar-refractivity contribution in [1.29, 1.82) is 5.41 Å². The molecule has 2 heterocycles. The molecule has 0 aliphatic carbocycles. The van der Waals surface area contributed by atoms with Gasteiger partial charge in [-0.3, -0.25) is 19.9 Å². The zero-order chi connectivity index (χ0) is 22.7. The number of hydrogen-bond donors (Lipinski definition) is 3. The van der Waals surface area contributed by atoms with Crippen LogP contribution in [0.25, 0.3) is 0 Å². The van der Waals surface area contributed by atoms with Gasteiger partial charge < -0.3 is 20.2 Å². The van der Waals surface area contributed by atoms with Crippen LogP contribution in [-0.4, -0.2) is 83.8 Å². The van der Waals surface area contributed by atoms with Crippen LogP contribution < -0.4 is 5.32 Å². The molecule has 3 N–H and O–H groups in total. The minimum atomic E-state index is -0.825. The van der Waals surface area contributed by atoms with Gasteiger partial charge in [0.25, 0.3) is 5.91 Å². The van der Waals surface area contributed by atoms with Gasteiger partial charge in [0.05, 0.1) is 6.54 Å². The molecule has 0 radical (unpaired) electrons. The van der Waals surface area contributed by atoms with Crippen molar-refractivity contribution in [3.63, 3.8) is 0 Å². The summed E-state index contributed by atoms with van der Waals surface area (Å²) >= 11 is 0. The number of carboxylic acids is 1. The standard InChI is InChI=1S/C24H29N5O3/c1-27-10-12-29(13-11-27)23(25)17-4-6-21(7-5-17)26-24(32)19-2-3-20-15-28(16-22(30)31)9-8-18(20)14-19/h2-7,14,25H,8-13,15-16H2,1H3,(H,26,32)(H,30,31). The number of amidine groups is 1. The number of rotatable bonds is 5. The Kier molecular flexibility index (Phi) is 6.53. The highest BCUT2D eigenvalue weighted by molar-refractivity contribution is 6.05. The third-order valence-electron chi connectivity index (χ3n) is 6.15. The minimum Gasteiger partial charge on any atom is -0.480 e. The van der Waals surface area contributed by atoms with Gasteiger partial charge in [-0.05, 0) is 61.0 Å². The van der Waals surface area contributed by atoms with Gasteiger partial charge >= 0.3 is 5.97 Å². The van der Waals surface area contributed by atoms with Gasteiger partial charge in [0.15, 0.2) is 0 Å². The number of aliphatic carboxylic acids is 1. The molecular formula is C24H29N5O3. The summed E-state index contributed by atoms with van der Waals surface area (Å²) in [6.07, 6.45) is 0.729. The molecule has 2 aromatic carbocycles. The second kappa shape index (κ2) is 9.50. The van der Waals surface area contributed by atoms with Crippen LogP contribution in [0.4, 0.5) is 5.69 Å². The lowest BCUT2D eigenvalue weighted by molar-refractivity contribution is -0.138. The summed E-state index contributed by atoms with van der Waals surface area (Å²) in [6, 6.07) is 13.0. The maximum atomic E-state index is 12.8. The fraction of sp³-hybridized carbons (Fsp3) is 0.375. The van der Waals surface area contributed by atoms with Gasteiger partial charge in [-0.25, -0.2) is 0 Å². The summed E-state index contributed by atoms with van der Waals surface area (Å²) in [5.41, 5.74) is 4.28. The monoisotopic (exact) mass is 435 g/mol. The van der Waals surface area contributed by atoms with Crippen LogP contribution in [0.1, 0.15) is 27.0 Å². The summed E-state index contributed by atoms with van der Waals surface area (Å²) in [5, 5.41) is 20.4. The molecule has 32 heavy (non-hydrogen) atoms. The highest BCUT2D eigenvalue weighted by Crippen LogP contribution is 2.21. The lowest BCUT2D eigenvalue weighted by Gasteiger charge is -2.34. The Bertz CT molecular complexity index is 1010. The first-order chi connectivity index (χ1) is 15.4. The number of carbonyl (C=O) groups is 2. The molecule has 0 spiro atoms. The van der Waals surface area contributed by atoms with Crippen molar-refractivity contribution < 1.29 is 14.7 Å². The van der Waals surface area contributed by atoms with Crippen LogP contribution >= 0.6 is 0 Å². The van der Waals surface area contributed by atoms with E-state index in [-0.39, 0.29) is 12.5 Å². The molecule has 8 heteroatoms. The van der Waals surface area contributed by atoms with Gasteiger partial charge in [-0.1, -0.05) is 6.07 Å². The lowest BCUT2D eigenvalue weighted by atomic mass is 9.97. The maximum Gasteiger partial charge on any atom is 0.317 e. The number of nitrogens with zero attached hydrogens (tertiary/aromatic N) is 3. The fourth-order valence-corrected chi connectivity index (χ4v) is 4.21. The third kappa shape index (κ3) is 5.15. The third-order valence-corrected chi connectivity index (χ3v) is 6.15. The van der Waals surface area contributed by atoms with Crippen LogP contribution in [0, 0.1) is 5.41 Å². The first kappa shape index (κ1) is 22.0. The Morgan fingerprint density at radius 3 is 2.34 bits per heavy atom. The first-order valence-electron chi connectivity index (χ1n) is 10.9. The van der Waals surface area contributed by atoms with E-state index in [9.17, 15) is 9.59 Å². The van der Waals surface area contributed by atoms with E-state index in [2.05, 4.69) is 22.2 Å². The van der Waals surface area contributed by atoms with Crippen LogP contribution in [0.15, 0.2) is 42.5 Å². The molecule has 0 aromatic heterocycles. The van der Waals surface area contributed by atoms with Crippen molar-refractivity contribution in [3.05, 3.63) is 64.7 Å². The molecule has 2 aliphatic heterocycles. The Morgan fingerprint density at radius 2 is 1.66 bits per heavy atom. The lowest BCUT2D eigenvalue weighted by Crippen LogP contribution is -2.47. The van der Waals surface area contributed by atoms with Gasteiger partial charge in [0, 0.05) is 56.1 Å². The number of hydrogen-bond acceptors (Lipinski definition) is 5. The molecule has 168 valence electrons. The van der Waals surface area contributed by atoms with E-state index in [0.717, 1.165) is 49.3 Å². The number of nitrogens with one attached hydrogen (secondary N) is 2. The molecule has 2 aromatic rings. The summed E-state index contributed by atoms with van der Waals surface area (Å²) < 4.78 is 0. The number of fused-ring (bicyclic) bond motifs is 1. The van der Waals surface area contributed by atoms with Crippen molar-refractivity contribution in [3.8, 4) is 0 Å². The number of carboxylic acid groups (broad SMARTS) is 1. The molecule has 0 bridgehead atoms. The molecule has 1 amide bonds. The quantitative estimate of drug-likeness (QED) is 0.490. The highest BCUT2D eigenvalue weighted by Gasteiger charge is 2.20. The van der Waals surface area contributed by atoms with Gasteiger partial charge in [0.1, 0.15) is 5.84 Å². The van der Waals surface area contributed by atoms with E-state index in [0.29, 0.717) is 30.2 Å². The largest absolute Gasteiger partial charge is 0.480 e. The first-order valence-corrected chi connectivity index (χ1v) is 10.9. The summed E-state index contributed by atoms with van der Waals surface area (Å²) in [5.74, 6) is -0.487. The van der Waals surface area contributed by atoms with Crippen molar-refractivity contribution >= 4 is 23.4 Å². The Morgan fingerprint density at radius 1 is 0.969 bits per heavy atom. The average Bonchev–Trinajstić information content (AvgIpc) is 2.79. The second-order valence-corrected chi connectivity index (χ2v) is 8.51. The molecule has 8 nitrogen and oxygen atoms in total. The second-order valence-electron chi connectivity index (χ2n) is 8.51. The highest BCUT2D eigenvalue weighted by atomic mass is 16.4. The van der Waals surface area contributed by atoms with E-state index in [1.807, 2.05) is 41.3 Å². The van der Waals surface area contributed by atoms with Gasteiger partial charge in [0.2, 0.25) is 0 Å². The smallest absolute Gasteiger partial charge is 0.317 e. The normalized spacial score (nSPS) is 17.0. The number of anilines is 1. The van der Waals surface area contributed by atoms with E-state index in [4.69, 9.17) is 10.5 Å². The molecule has 0 unspecified atom stereocenters.